The van der Waals surface area contributed by atoms with Gasteiger partial charge in [0.15, 0.2) is 0 Å². The van der Waals surface area contributed by atoms with Crippen LogP contribution in [0, 0.1) is 0 Å². The van der Waals surface area contributed by atoms with Crippen molar-refractivity contribution in [1.29, 1.82) is 0 Å². The normalized spacial score (nSPS) is 16.1. The molecule has 168 valence electrons. The molecule has 0 bridgehead atoms. The van der Waals surface area contributed by atoms with Gasteiger partial charge in [-0.05, 0) is 45.5 Å². The first-order chi connectivity index (χ1) is 15.5. The molecule has 1 fully saturated rings. The Morgan fingerprint density at radius 2 is 2.06 bits per heavy atom. The number of nitrogens with zero attached hydrogens (tertiary/aromatic N) is 6. The van der Waals surface area contributed by atoms with E-state index in [0.29, 0.717) is 23.4 Å². The van der Waals surface area contributed by atoms with E-state index in [1.807, 2.05) is 24.4 Å². The van der Waals surface area contributed by atoms with E-state index in [2.05, 4.69) is 44.0 Å². The number of benzene rings is 1. The average Bonchev–Trinajstić information content (AvgIpc) is 3.18. The number of hydrogen-bond acceptors (Lipinski definition) is 8. The first kappa shape index (κ1) is 20.6. The molecule has 9 heteroatoms. The van der Waals surface area contributed by atoms with Crippen molar-refractivity contribution in [2.24, 2.45) is 0 Å². The van der Waals surface area contributed by atoms with Gasteiger partial charge in [0.05, 0.1) is 36.1 Å². The molecular formula is C23H30N8O. The van der Waals surface area contributed by atoms with Crippen molar-refractivity contribution in [2.45, 2.75) is 31.8 Å². The lowest BCUT2D eigenvalue weighted by atomic mass is 10.0. The Morgan fingerprint density at radius 1 is 1.22 bits per heavy atom. The third-order valence-corrected chi connectivity index (χ3v) is 6.44. The molecule has 1 aromatic carbocycles. The van der Waals surface area contributed by atoms with Gasteiger partial charge < -0.3 is 25.6 Å². The number of methoxy groups -OCH3 is 1. The Hall–Kier alpha value is -3.33. The molecular weight excluding hydrogens is 404 g/mol. The Labute approximate surface area is 188 Å². The lowest BCUT2D eigenvalue weighted by Crippen LogP contribution is -2.57. The summed E-state index contributed by atoms with van der Waals surface area (Å²) in [6.45, 7) is 2.88. The SMILES string of the molecule is COc1cc(N2CC(N(C)C)C2)c(N)cc1Nc1nccc(-c2cnn3c2CCCC3)n1. The van der Waals surface area contributed by atoms with Crippen LogP contribution in [-0.2, 0) is 13.0 Å². The molecule has 0 amide bonds. The number of nitrogen functional groups attached to an aromatic ring is 1. The third-order valence-electron chi connectivity index (χ3n) is 6.44. The van der Waals surface area contributed by atoms with Crippen molar-refractivity contribution in [2.75, 3.05) is 50.2 Å². The predicted molar refractivity (Wildman–Crippen MR) is 127 cm³/mol. The predicted octanol–water partition coefficient (Wildman–Crippen LogP) is 2.76. The minimum absolute atomic E-state index is 0.500. The number of anilines is 4. The van der Waals surface area contributed by atoms with Crippen molar-refractivity contribution in [3.05, 3.63) is 36.3 Å². The van der Waals surface area contributed by atoms with Gasteiger partial charge in [-0.25, -0.2) is 9.97 Å². The first-order valence-corrected chi connectivity index (χ1v) is 11.1. The smallest absolute Gasteiger partial charge is 0.227 e. The second-order valence-corrected chi connectivity index (χ2v) is 8.71. The Kier molecular flexibility index (Phi) is 5.34. The van der Waals surface area contributed by atoms with Gasteiger partial charge >= 0.3 is 0 Å². The number of hydrogen-bond donors (Lipinski definition) is 2. The molecule has 0 saturated carbocycles. The van der Waals surface area contributed by atoms with Gasteiger partial charge in [-0.3, -0.25) is 4.68 Å². The number of aryl methyl sites for hydroxylation is 1. The second-order valence-electron chi connectivity index (χ2n) is 8.71. The summed E-state index contributed by atoms with van der Waals surface area (Å²) in [5, 5.41) is 7.83. The molecule has 0 radical (unpaired) electrons. The number of ether oxygens (including phenoxy) is 1. The van der Waals surface area contributed by atoms with Gasteiger partial charge in [-0.2, -0.15) is 5.10 Å². The molecule has 0 unspecified atom stereocenters. The van der Waals surface area contributed by atoms with Gasteiger partial charge in [-0.1, -0.05) is 0 Å². The Morgan fingerprint density at radius 3 is 2.84 bits per heavy atom. The van der Waals surface area contributed by atoms with Crippen LogP contribution in [0.25, 0.3) is 11.3 Å². The van der Waals surface area contributed by atoms with Crippen LogP contribution in [0.5, 0.6) is 5.75 Å². The highest BCUT2D eigenvalue weighted by molar-refractivity contribution is 5.80. The standard InChI is InChI=1S/C23H30N8O/c1-29(2)15-13-30(14-15)21-11-22(32-3)19(10-17(21)24)28-23-25-8-7-18(27-23)16-12-26-31-9-5-4-6-20(16)31/h7-8,10-12,15H,4-6,9,13-14,24H2,1-3H3,(H,25,27,28). The topological polar surface area (TPSA) is 97.4 Å². The quantitative estimate of drug-likeness (QED) is 0.572. The van der Waals surface area contributed by atoms with E-state index in [-0.39, 0.29) is 0 Å². The maximum Gasteiger partial charge on any atom is 0.227 e. The van der Waals surface area contributed by atoms with Crippen LogP contribution in [0.4, 0.5) is 23.0 Å². The van der Waals surface area contributed by atoms with Crippen molar-refractivity contribution in [3.63, 3.8) is 0 Å². The van der Waals surface area contributed by atoms with Crippen molar-refractivity contribution in [1.82, 2.24) is 24.6 Å². The summed E-state index contributed by atoms with van der Waals surface area (Å²) in [4.78, 5) is 13.7. The minimum Gasteiger partial charge on any atom is -0.494 e. The highest BCUT2D eigenvalue weighted by atomic mass is 16.5. The van der Waals surface area contributed by atoms with Gasteiger partial charge in [0.1, 0.15) is 5.75 Å². The Balaban J connectivity index is 1.39. The molecule has 0 spiro atoms. The van der Waals surface area contributed by atoms with Crippen molar-refractivity contribution < 1.29 is 4.74 Å². The van der Waals surface area contributed by atoms with Gasteiger partial charge in [-0.15, -0.1) is 0 Å². The van der Waals surface area contributed by atoms with E-state index in [1.165, 1.54) is 18.5 Å². The highest BCUT2D eigenvalue weighted by Gasteiger charge is 2.30. The largest absolute Gasteiger partial charge is 0.494 e. The molecule has 2 aromatic heterocycles. The molecule has 0 atom stereocenters. The zero-order chi connectivity index (χ0) is 22.2. The lowest BCUT2D eigenvalue weighted by Gasteiger charge is -2.44. The Bertz CT molecular complexity index is 1120. The molecule has 2 aliphatic rings. The number of rotatable bonds is 6. The monoisotopic (exact) mass is 434 g/mol. The van der Waals surface area contributed by atoms with Gasteiger partial charge in [0.2, 0.25) is 5.95 Å². The molecule has 32 heavy (non-hydrogen) atoms. The summed E-state index contributed by atoms with van der Waals surface area (Å²) in [5.74, 6) is 1.21. The lowest BCUT2D eigenvalue weighted by molar-refractivity contribution is 0.247. The van der Waals surface area contributed by atoms with Crippen LogP contribution in [-0.4, -0.2) is 65.0 Å². The fourth-order valence-corrected chi connectivity index (χ4v) is 4.43. The van der Waals surface area contributed by atoms with Crippen LogP contribution in [0.1, 0.15) is 18.5 Å². The number of nitrogens with one attached hydrogen (secondary N) is 1. The van der Waals surface area contributed by atoms with E-state index in [0.717, 1.165) is 48.7 Å². The fourth-order valence-electron chi connectivity index (χ4n) is 4.43. The number of likely N-dealkylation sites (N-methyl/N-ethyl adjacent to an activating group) is 1. The number of nitrogens with two attached hydrogens (primary N) is 1. The summed E-state index contributed by atoms with van der Waals surface area (Å²) in [7, 11) is 5.87. The van der Waals surface area contributed by atoms with Gasteiger partial charge in [0.25, 0.3) is 0 Å². The molecule has 4 heterocycles. The zero-order valence-corrected chi connectivity index (χ0v) is 18.9. The molecule has 1 saturated heterocycles. The van der Waals surface area contributed by atoms with Gasteiger partial charge in [0, 0.05) is 49.2 Å². The summed E-state index contributed by atoms with van der Waals surface area (Å²) < 4.78 is 7.75. The summed E-state index contributed by atoms with van der Waals surface area (Å²) in [5.41, 5.74) is 12.0. The zero-order valence-electron chi connectivity index (χ0n) is 18.9. The van der Waals surface area contributed by atoms with Crippen molar-refractivity contribution in [3.8, 4) is 17.0 Å². The van der Waals surface area contributed by atoms with Crippen LogP contribution in [0.2, 0.25) is 0 Å². The summed E-state index contributed by atoms with van der Waals surface area (Å²) in [6, 6.07) is 6.36. The molecule has 0 aliphatic carbocycles. The maximum absolute atomic E-state index is 6.41. The molecule has 5 rings (SSSR count). The fraction of sp³-hybridized carbons (Fsp3) is 0.435. The summed E-state index contributed by atoms with van der Waals surface area (Å²) >= 11 is 0. The van der Waals surface area contributed by atoms with Crippen molar-refractivity contribution >= 4 is 23.0 Å². The number of fused-ring (bicyclic) bond motifs is 1. The molecule has 3 N–H and O–H groups in total. The first-order valence-electron chi connectivity index (χ1n) is 11.1. The van der Waals surface area contributed by atoms with Crippen LogP contribution in [0.3, 0.4) is 0 Å². The van der Waals surface area contributed by atoms with E-state index in [1.54, 1.807) is 13.3 Å². The third kappa shape index (κ3) is 3.73. The molecule has 9 nitrogen and oxygen atoms in total. The maximum atomic E-state index is 6.41. The van der Waals surface area contributed by atoms with E-state index in [9.17, 15) is 0 Å². The molecule has 3 aromatic rings. The van der Waals surface area contributed by atoms with Crippen LogP contribution < -0.4 is 20.7 Å². The highest BCUT2D eigenvalue weighted by Crippen LogP contribution is 2.38. The van der Waals surface area contributed by atoms with E-state index >= 15 is 0 Å². The minimum atomic E-state index is 0.500. The number of aromatic nitrogens is 4. The average molecular weight is 435 g/mol. The van der Waals surface area contributed by atoms with Crippen LogP contribution >= 0.6 is 0 Å². The van der Waals surface area contributed by atoms with E-state index in [4.69, 9.17) is 15.5 Å². The summed E-state index contributed by atoms with van der Waals surface area (Å²) in [6.07, 6.45) is 7.07. The van der Waals surface area contributed by atoms with Crippen LogP contribution in [0.15, 0.2) is 30.6 Å². The van der Waals surface area contributed by atoms with E-state index < -0.39 is 0 Å². The molecule has 2 aliphatic heterocycles. The second kappa shape index (κ2) is 8.31.